The Bertz CT molecular complexity index is 517. The van der Waals surface area contributed by atoms with E-state index >= 15 is 0 Å². The van der Waals surface area contributed by atoms with E-state index in [2.05, 4.69) is 31.3 Å². The van der Waals surface area contributed by atoms with Gasteiger partial charge >= 0.3 is 0 Å². The lowest BCUT2D eigenvalue weighted by Crippen LogP contribution is -2.25. The second-order valence-electron chi connectivity index (χ2n) is 4.67. The largest absolute Gasteiger partial charge is 0.328 e. The van der Waals surface area contributed by atoms with E-state index in [9.17, 15) is 4.79 Å². The summed E-state index contributed by atoms with van der Waals surface area (Å²) < 4.78 is 0. The predicted octanol–water partition coefficient (Wildman–Crippen LogP) is 2.50. The molecule has 4 heteroatoms. The molecule has 1 amide bonds. The molecule has 0 saturated carbocycles. The SMILES string of the molecule is CC(C)c1ccc(/C=C2\NC(=S)N(C)C2=O)cc1. The molecule has 1 aliphatic heterocycles. The Kier molecular flexibility index (Phi) is 3.48. The minimum absolute atomic E-state index is 0.0899. The van der Waals surface area contributed by atoms with Crippen LogP contribution in [0.1, 0.15) is 30.9 Å². The maximum atomic E-state index is 11.8. The Hall–Kier alpha value is -1.68. The summed E-state index contributed by atoms with van der Waals surface area (Å²) in [6.45, 7) is 4.31. The van der Waals surface area contributed by atoms with Gasteiger partial charge in [-0.3, -0.25) is 9.69 Å². The van der Waals surface area contributed by atoms with Crippen molar-refractivity contribution in [2.75, 3.05) is 7.05 Å². The zero-order valence-corrected chi connectivity index (χ0v) is 11.5. The Labute approximate surface area is 112 Å². The van der Waals surface area contributed by atoms with E-state index in [4.69, 9.17) is 12.2 Å². The first-order valence-electron chi connectivity index (χ1n) is 5.89. The molecule has 0 spiro atoms. The number of rotatable bonds is 2. The van der Waals surface area contributed by atoms with Gasteiger partial charge < -0.3 is 5.32 Å². The third-order valence-corrected chi connectivity index (χ3v) is 3.37. The molecule has 1 aromatic rings. The van der Waals surface area contributed by atoms with Crippen LogP contribution in [0.15, 0.2) is 30.0 Å². The van der Waals surface area contributed by atoms with Gasteiger partial charge in [-0.2, -0.15) is 0 Å². The molecule has 1 aromatic carbocycles. The Balaban J connectivity index is 2.24. The zero-order chi connectivity index (χ0) is 13.3. The fraction of sp³-hybridized carbons (Fsp3) is 0.286. The molecule has 0 unspecified atom stereocenters. The topological polar surface area (TPSA) is 32.3 Å². The van der Waals surface area contributed by atoms with Crippen molar-refractivity contribution in [2.45, 2.75) is 19.8 Å². The van der Waals surface area contributed by atoms with Crippen LogP contribution in [-0.2, 0) is 4.79 Å². The lowest BCUT2D eigenvalue weighted by atomic mass is 10.0. The molecule has 1 fully saturated rings. The molecule has 0 atom stereocenters. The fourth-order valence-corrected chi connectivity index (χ4v) is 1.96. The number of thiocarbonyl (C=S) groups is 1. The number of likely N-dealkylation sites (N-methyl/N-ethyl adjacent to an activating group) is 1. The maximum absolute atomic E-state index is 11.8. The number of benzene rings is 1. The predicted molar refractivity (Wildman–Crippen MR) is 77.0 cm³/mol. The van der Waals surface area contributed by atoms with Gasteiger partial charge in [0.15, 0.2) is 5.11 Å². The van der Waals surface area contributed by atoms with E-state index < -0.39 is 0 Å². The molecule has 0 aromatic heterocycles. The Morgan fingerprint density at radius 3 is 2.33 bits per heavy atom. The van der Waals surface area contributed by atoms with E-state index in [-0.39, 0.29) is 5.91 Å². The van der Waals surface area contributed by atoms with Crippen molar-refractivity contribution in [1.82, 2.24) is 10.2 Å². The Morgan fingerprint density at radius 1 is 1.28 bits per heavy atom. The van der Waals surface area contributed by atoms with E-state index in [1.807, 2.05) is 18.2 Å². The highest BCUT2D eigenvalue weighted by Crippen LogP contribution is 2.17. The molecule has 2 rings (SSSR count). The summed E-state index contributed by atoms with van der Waals surface area (Å²) in [5, 5.41) is 3.36. The number of hydrogen-bond acceptors (Lipinski definition) is 2. The van der Waals surface area contributed by atoms with Crippen molar-refractivity contribution in [3.05, 3.63) is 41.1 Å². The van der Waals surface area contributed by atoms with Gasteiger partial charge in [-0.15, -0.1) is 0 Å². The van der Waals surface area contributed by atoms with Gasteiger partial charge in [0.25, 0.3) is 5.91 Å². The molecule has 3 nitrogen and oxygen atoms in total. The second kappa shape index (κ2) is 4.90. The first kappa shape index (κ1) is 12.8. The van der Waals surface area contributed by atoms with E-state index in [0.717, 1.165) is 5.56 Å². The lowest BCUT2D eigenvalue weighted by Gasteiger charge is -2.05. The van der Waals surface area contributed by atoms with Gasteiger partial charge in [-0.1, -0.05) is 38.1 Å². The molecule has 0 bridgehead atoms. The standard InChI is InChI=1S/C14H16N2OS/c1-9(2)11-6-4-10(5-7-11)8-12-13(17)16(3)14(18)15-12/h4-9H,1-3H3,(H,15,18)/b12-8-. The molecule has 1 aliphatic rings. The van der Waals surface area contributed by atoms with Crippen molar-refractivity contribution in [3.8, 4) is 0 Å². The summed E-state index contributed by atoms with van der Waals surface area (Å²) in [7, 11) is 1.67. The van der Waals surface area contributed by atoms with E-state index in [1.54, 1.807) is 7.05 Å². The van der Waals surface area contributed by atoms with Gasteiger partial charge in [0, 0.05) is 7.05 Å². The highest BCUT2D eigenvalue weighted by Gasteiger charge is 2.26. The Morgan fingerprint density at radius 2 is 1.89 bits per heavy atom. The van der Waals surface area contributed by atoms with E-state index in [1.165, 1.54) is 10.5 Å². The average molecular weight is 260 g/mol. The molecule has 94 valence electrons. The van der Waals surface area contributed by atoms with Gasteiger partial charge in [-0.25, -0.2) is 0 Å². The number of nitrogens with zero attached hydrogens (tertiary/aromatic N) is 1. The summed E-state index contributed by atoms with van der Waals surface area (Å²) in [4.78, 5) is 13.2. The minimum Gasteiger partial charge on any atom is -0.328 e. The molecule has 0 aliphatic carbocycles. The molecule has 18 heavy (non-hydrogen) atoms. The third kappa shape index (κ3) is 2.43. The number of amides is 1. The van der Waals surface area contributed by atoms with Crippen molar-refractivity contribution >= 4 is 29.3 Å². The highest BCUT2D eigenvalue weighted by molar-refractivity contribution is 7.80. The van der Waals surface area contributed by atoms with Crippen LogP contribution in [-0.4, -0.2) is 23.0 Å². The highest BCUT2D eigenvalue weighted by atomic mass is 32.1. The number of carbonyl (C=O) groups excluding carboxylic acids is 1. The van der Waals surface area contributed by atoms with Crippen molar-refractivity contribution in [1.29, 1.82) is 0 Å². The summed E-state index contributed by atoms with van der Waals surface area (Å²) in [5.74, 6) is 0.421. The zero-order valence-electron chi connectivity index (χ0n) is 10.7. The normalized spacial score (nSPS) is 17.8. The minimum atomic E-state index is -0.0899. The van der Waals surface area contributed by atoms with Crippen LogP contribution < -0.4 is 5.32 Å². The van der Waals surface area contributed by atoms with Crippen LogP contribution >= 0.6 is 12.2 Å². The molecule has 1 N–H and O–H groups in total. The number of carbonyl (C=O) groups is 1. The summed E-state index contributed by atoms with van der Waals surface area (Å²) in [5.41, 5.74) is 2.81. The molecule has 0 radical (unpaired) electrons. The van der Waals surface area contributed by atoms with Crippen molar-refractivity contribution < 1.29 is 4.79 Å². The summed E-state index contributed by atoms with van der Waals surface area (Å²) in [6, 6.07) is 8.19. The third-order valence-electron chi connectivity index (χ3n) is 3.00. The molecule has 1 heterocycles. The van der Waals surface area contributed by atoms with Gasteiger partial charge in [0.2, 0.25) is 0 Å². The van der Waals surface area contributed by atoms with Crippen LogP contribution in [0.5, 0.6) is 0 Å². The quantitative estimate of drug-likeness (QED) is 0.655. The molecular formula is C14H16N2OS. The van der Waals surface area contributed by atoms with Crippen LogP contribution in [0.3, 0.4) is 0 Å². The number of hydrogen-bond donors (Lipinski definition) is 1. The van der Waals surface area contributed by atoms with Gasteiger partial charge in [0.1, 0.15) is 5.70 Å². The van der Waals surface area contributed by atoms with Crippen LogP contribution in [0.25, 0.3) is 6.08 Å². The molecule has 1 saturated heterocycles. The molecular weight excluding hydrogens is 244 g/mol. The van der Waals surface area contributed by atoms with Crippen LogP contribution in [0.4, 0.5) is 0 Å². The smallest absolute Gasteiger partial charge is 0.276 e. The number of nitrogens with one attached hydrogen (secondary N) is 1. The van der Waals surface area contributed by atoms with E-state index in [0.29, 0.717) is 16.7 Å². The van der Waals surface area contributed by atoms with Gasteiger partial charge in [0.05, 0.1) is 0 Å². The van der Waals surface area contributed by atoms with Crippen LogP contribution in [0, 0.1) is 0 Å². The van der Waals surface area contributed by atoms with Gasteiger partial charge in [-0.05, 0) is 35.3 Å². The summed E-state index contributed by atoms with van der Waals surface area (Å²) in [6.07, 6.45) is 1.82. The lowest BCUT2D eigenvalue weighted by molar-refractivity contribution is -0.121. The summed E-state index contributed by atoms with van der Waals surface area (Å²) >= 11 is 5.02. The second-order valence-corrected chi connectivity index (χ2v) is 5.06. The maximum Gasteiger partial charge on any atom is 0.276 e. The fourth-order valence-electron chi connectivity index (χ4n) is 1.77. The van der Waals surface area contributed by atoms with Crippen molar-refractivity contribution in [3.63, 3.8) is 0 Å². The van der Waals surface area contributed by atoms with Crippen molar-refractivity contribution in [2.24, 2.45) is 0 Å². The average Bonchev–Trinajstić information content (AvgIpc) is 2.58. The van der Waals surface area contributed by atoms with Crippen LogP contribution in [0.2, 0.25) is 0 Å². The first-order valence-corrected chi connectivity index (χ1v) is 6.30. The monoisotopic (exact) mass is 260 g/mol. The first-order chi connectivity index (χ1) is 8.49.